The van der Waals surface area contributed by atoms with Gasteiger partial charge >= 0.3 is 0 Å². The molecule has 2 unspecified atom stereocenters. The number of hydrogen-bond donors (Lipinski definition) is 1. The summed E-state index contributed by atoms with van der Waals surface area (Å²) < 4.78 is 5.19. The smallest absolute Gasteiger partial charge is 0.156 e. The molecule has 3 nitrogen and oxygen atoms in total. The molecule has 98 valence electrons. The summed E-state index contributed by atoms with van der Waals surface area (Å²) in [5.74, 6) is 1.09. The van der Waals surface area contributed by atoms with Crippen molar-refractivity contribution in [1.82, 2.24) is 5.32 Å². The number of hydrogen-bond acceptors (Lipinski definition) is 3. The fourth-order valence-electron chi connectivity index (χ4n) is 1.82. The SMILES string of the molecule is COC(C)CN=C1NC(Cc2ccccc2)CS1. The molecule has 1 aromatic rings. The first-order valence-corrected chi connectivity index (χ1v) is 7.27. The summed E-state index contributed by atoms with van der Waals surface area (Å²) in [6.45, 7) is 2.76. The van der Waals surface area contributed by atoms with E-state index in [0.717, 1.165) is 23.9 Å². The quantitative estimate of drug-likeness (QED) is 0.886. The van der Waals surface area contributed by atoms with Gasteiger partial charge in [0.25, 0.3) is 0 Å². The number of nitrogens with one attached hydrogen (secondary N) is 1. The number of aliphatic imine (C=N–C) groups is 1. The van der Waals surface area contributed by atoms with Crippen LogP contribution < -0.4 is 5.32 Å². The second kappa shape index (κ2) is 6.81. The van der Waals surface area contributed by atoms with E-state index >= 15 is 0 Å². The molecule has 1 fully saturated rings. The van der Waals surface area contributed by atoms with E-state index in [1.807, 2.05) is 6.92 Å². The number of amidine groups is 1. The van der Waals surface area contributed by atoms with E-state index in [0.29, 0.717) is 6.04 Å². The van der Waals surface area contributed by atoms with Crippen LogP contribution >= 0.6 is 11.8 Å². The number of thioether (sulfide) groups is 1. The third-order valence-corrected chi connectivity index (χ3v) is 4.06. The lowest BCUT2D eigenvalue weighted by Gasteiger charge is -2.10. The molecule has 0 spiro atoms. The first-order valence-electron chi connectivity index (χ1n) is 6.28. The largest absolute Gasteiger partial charge is 0.380 e. The molecular weight excluding hydrogens is 244 g/mol. The summed E-state index contributed by atoms with van der Waals surface area (Å²) in [6.07, 6.45) is 1.25. The molecule has 0 aromatic heterocycles. The molecule has 2 rings (SSSR count). The van der Waals surface area contributed by atoms with Crippen LogP contribution in [0.3, 0.4) is 0 Å². The van der Waals surface area contributed by atoms with Crippen LogP contribution in [0.15, 0.2) is 35.3 Å². The van der Waals surface area contributed by atoms with Crippen molar-refractivity contribution in [1.29, 1.82) is 0 Å². The van der Waals surface area contributed by atoms with E-state index in [1.54, 1.807) is 18.9 Å². The van der Waals surface area contributed by atoms with Crippen molar-refractivity contribution < 1.29 is 4.74 Å². The van der Waals surface area contributed by atoms with E-state index < -0.39 is 0 Å². The van der Waals surface area contributed by atoms with Crippen LogP contribution in [0.25, 0.3) is 0 Å². The van der Waals surface area contributed by atoms with E-state index in [-0.39, 0.29) is 6.10 Å². The molecule has 0 radical (unpaired) electrons. The standard InChI is InChI=1S/C14H20N2OS/c1-11(17-2)9-15-14-16-13(10-18-14)8-12-6-4-3-5-7-12/h3-7,11,13H,8-10H2,1-2H3,(H,15,16). The number of rotatable bonds is 5. The zero-order valence-electron chi connectivity index (χ0n) is 10.9. The third kappa shape index (κ3) is 4.03. The molecular formula is C14H20N2OS. The minimum absolute atomic E-state index is 0.188. The average Bonchev–Trinajstić information content (AvgIpc) is 2.85. The Labute approximate surface area is 113 Å². The minimum Gasteiger partial charge on any atom is -0.380 e. The molecule has 1 heterocycles. The maximum Gasteiger partial charge on any atom is 0.156 e. The molecule has 1 aromatic carbocycles. The predicted octanol–water partition coefficient (Wildman–Crippen LogP) is 2.33. The van der Waals surface area contributed by atoms with Crippen molar-refractivity contribution in [2.45, 2.75) is 25.5 Å². The van der Waals surface area contributed by atoms with Gasteiger partial charge in [-0.25, -0.2) is 0 Å². The maximum atomic E-state index is 5.19. The van der Waals surface area contributed by atoms with Crippen LogP contribution in [0.4, 0.5) is 0 Å². The van der Waals surface area contributed by atoms with Crippen molar-refractivity contribution in [3.8, 4) is 0 Å². The fourth-order valence-corrected chi connectivity index (χ4v) is 2.80. The fraction of sp³-hybridized carbons (Fsp3) is 0.500. The van der Waals surface area contributed by atoms with Gasteiger partial charge in [-0.3, -0.25) is 4.99 Å². The van der Waals surface area contributed by atoms with Crippen molar-refractivity contribution in [2.75, 3.05) is 19.4 Å². The molecule has 0 saturated carbocycles. The molecule has 4 heteroatoms. The Kier molecular flexibility index (Phi) is 5.08. The van der Waals surface area contributed by atoms with Gasteiger partial charge in [0, 0.05) is 18.9 Å². The summed E-state index contributed by atoms with van der Waals surface area (Å²) in [6, 6.07) is 11.1. The monoisotopic (exact) mass is 264 g/mol. The van der Waals surface area contributed by atoms with Gasteiger partial charge in [0.15, 0.2) is 5.17 Å². The molecule has 0 aliphatic carbocycles. The van der Waals surface area contributed by atoms with Gasteiger partial charge in [0.1, 0.15) is 0 Å². The van der Waals surface area contributed by atoms with E-state index in [2.05, 4.69) is 40.6 Å². The average molecular weight is 264 g/mol. The lowest BCUT2D eigenvalue weighted by molar-refractivity contribution is 0.125. The number of ether oxygens (including phenoxy) is 1. The normalized spacial score (nSPS) is 23.0. The Bertz CT molecular complexity index is 394. The number of benzene rings is 1. The van der Waals surface area contributed by atoms with Gasteiger partial charge in [-0.05, 0) is 18.9 Å². The van der Waals surface area contributed by atoms with Gasteiger partial charge in [-0.2, -0.15) is 0 Å². The van der Waals surface area contributed by atoms with Gasteiger partial charge in [0.2, 0.25) is 0 Å². The molecule has 1 saturated heterocycles. The van der Waals surface area contributed by atoms with Gasteiger partial charge in [-0.15, -0.1) is 0 Å². The van der Waals surface area contributed by atoms with E-state index in [1.165, 1.54) is 5.56 Å². The van der Waals surface area contributed by atoms with Gasteiger partial charge in [0.05, 0.1) is 12.6 Å². The first-order chi connectivity index (χ1) is 8.78. The van der Waals surface area contributed by atoms with Gasteiger partial charge in [-0.1, -0.05) is 42.1 Å². The van der Waals surface area contributed by atoms with Crippen molar-refractivity contribution >= 4 is 16.9 Å². The molecule has 18 heavy (non-hydrogen) atoms. The highest BCUT2D eigenvalue weighted by Crippen LogP contribution is 2.17. The predicted molar refractivity (Wildman–Crippen MR) is 78.3 cm³/mol. The van der Waals surface area contributed by atoms with Crippen LogP contribution in [0, 0.1) is 0 Å². The summed E-state index contributed by atoms with van der Waals surface area (Å²) in [4.78, 5) is 4.53. The Morgan fingerprint density at radius 1 is 1.44 bits per heavy atom. The Hall–Kier alpha value is -1.00. The summed E-state index contributed by atoms with van der Waals surface area (Å²) in [7, 11) is 1.72. The third-order valence-electron chi connectivity index (χ3n) is 2.97. The summed E-state index contributed by atoms with van der Waals surface area (Å²) in [5.41, 5.74) is 1.38. The minimum atomic E-state index is 0.188. The zero-order chi connectivity index (χ0) is 12.8. The van der Waals surface area contributed by atoms with Crippen LogP contribution in [-0.2, 0) is 11.2 Å². The molecule has 1 aliphatic rings. The topological polar surface area (TPSA) is 33.6 Å². The number of nitrogens with zero attached hydrogens (tertiary/aromatic N) is 1. The van der Waals surface area contributed by atoms with Crippen molar-refractivity contribution in [3.05, 3.63) is 35.9 Å². The lowest BCUT2D eigenvalue weighted by atomic mass is 10.1. The van der Waals surface area contributed by atoms with Crippen LogP contribution in [0.1, 0.15) is 12.5 Å². The highest BCUT2D eigenvalue weighted by atomic mass is 32.2. The van der Waals surface area contributed by atoms with Crippen molar-refractivity contribution in [2.24, 2.45) is 4.99 Å². The maximum absolute atomic E-state index is 5.19. The molecule has 0 amide bonds. The Morgan fingerprint density at radius 2 is 2.22 bits per heavy atom. The summed E-state index contributed by atoms with van der Waals surface area (Å²) >= 11 is 1.81. The highest BCUT2D eigenvalue weighted by molar-refractivity contribution is 8.14. The van der Waals surface area contributed by atoms with Crippen LogP contribution in [0.2, 0.25) is 0 Å². The second-order valence-corrected chi connectivity index (χ2v) is 5.54. The molecule has 2 atom stereocenters. The van der Waals surface area contributed by atoms with Crippen molar-refractivity contribution in [3.63, 3.8) is 0 Å². The van der Waals surface area contributed by atoms with Gasteiger partial charge < -0.3 is 10.1 Å². The second-order valence-electron chi connectivity index (χ2n) is 4.53. The summed E-state index contributed by atoms with van der Waals surface area (Å²) in [5, 5.41) is 4.53. The Balaban J connectivity index is 1.81. The van der Waals surface area contributed by atoms with Crippen LogP contribution in [-0.4, -0.2) is 36.7 Å². The highest BCUT2D eigenvalue weighted by Gasteiger charge is 2.20. The zero-order valence-corrected chi connectivity index (χ0v) is 11.7. The van der Waals surface area contributed by atoms with Crippen LogP contribution in [0.5, 0.6) is 0 Å². The van der Waals surface area contributed by atoms with E-state index in [9.17, 15) is 0 Å². The molecule has 1 N–H and O–H groups in total. The first kappa shape index (κ1) is 13.4. The lowest BCUT2D eigenvalue weighted by Crippen LogP contribution is -2.29. The number of methoxy groups -OCH3 is 1. The molecule has 0 bridgehead atoms. The van der Waals surface area contributed by atoms with E-state index in [4.69, 9.17) is 4.74 Å². The Morgan fingerprint density at radius 3 is 2.94 bits per heavy atom. The molecule has 1 aliphatic heterocycles.